The lowest BCUT2D eigenvalue weighted by Gasteiger charge is -2.33. The molecule has 2 aromatic carbocycles. The Morgan fingerprint density at radius 1 is 1.08 bits per heavy atom. The highest BCUT2D eigenvalue weighted by molar-refractivity contribution is 9.10. The summed E-state index contributed by atoms with van der Waals surface area (Å²) in [5.74, 6) is -0.294. The Morgan fingerprint density at radius 3 is 2.56 bits per heavy atom. The van der Waals surface area contributed by atoms with Gasteiger partial charge in [-0.05, 0) is 43.2 Å². The van der Waals surface area contributed by atoms with E-state index in [4.69, 9.17) is 0 Å². The first-order chi connectivity index (χ1) is 12.0. The summed E-state index contributed by atoms with van der Waals surface area (Å²) >= 11 is 3.36. The maximum atomic E-state index is 12.9. The van der Waals surface area contributed by atoms with Crippen LogP contribution in [0.25, 0.3) is 0 Å². The van der Waals surface area contributed by atoms with E-state index in [0.717, 1.165) is 17.3 Å². The molecule has 1 heterocycles. The zero-order valence-electron chi connectivity index (χ0n) is 13.6. The molecule has 0 unspecified atom stereocenters. The molecule has 0 saturated carbocycles. The van der Waals surface area contributed by atoms with Crippen molar-refractivity contribution in [3.05, 3.63) is 59.1 Å². The number of hydrogen-bond acceptors (Lipinski definition) is 3. The van der Waals surface area contributed by atoms with Crippen LogP contribution >= 0.6 is 15.9 Å². The number of carbonyl (C=O) groups excluding carboxylic acids is 1. The second kappa shape index (κ2) is 7.68. The summed E-state index contributed by atoms with van der Waals surface area (Å²) in [5.41, 5.74) is 0.641. The third-order valence-corrected chi connectivity index (χ3v) is 6.61. The summed E-state index contributed by atoms with van der Waals surface area (Å²) < 4.78 is 28.1. The van der Waals surface area contributed by atoms with Crippen molar-refractivity contribution < 1.29 is 13.2 Å². The molecule has 0 bridgehead atoms. The summed E-state index contributed by atoms with van der Waals surface area (Å²) in [6.45, 7) is 0.355. The number of hydrogen-bond donors (Lipinski definition) is 1. The second-order valence-electron chi connectivity index (χ2n) is 5.94. The molecule has 1 amide bonds. The van der Waals surface area contributed by atoms with Gasteiger partial charge in [0.1, 0.15) is 6.04 Å². The van der Waals surface area contributed by atoms with Crippen molar-refractivity contribution in [2.45, 2.75) is 30.2 Å². The number of anilines is 1. The topological polar surface area (TPSA) is 66.5 Å². The van der Waals surface area contributed by atoms with E-state index in [9.17, 15) is 13.2 Å². The van der Waals surface area contributed by atoms with Crippen LogP contribution in [0.15, 0.2) is 64.0 Å². The van der Waals surface area contributed by atoms with E-state index in [-0.39, 0.29) is 10.8 Å². The zero-order valence-corrected chi connectivity index (χ0v) is 16.0. The van der Waals surface area contributed by atoms with Gasteiger partial charge < -0.3 is 5.32 Å². The molecule has 5 nitrogen and oxygen atoms in total. The Morgan fingerprint density at radius 2 is 1.84 bits per heavy atom. The van der Waals surface area contributed by atoms with E-state index in [1.54, 1.807) is 42.5 Å². The Hall–Kier alpha value is -1.70. The normalized spacial score (nSPS) is 18.7. The molecule has 0 radical (unpaired) electrons. The van der Waals surface area contributed by atoms with E-state index in [1.165, 1.54) is 4.31 Å². The predicted molar refractivity (Wildman–Crippen MR) is 101 cm³/mol. The van der Waals surface area contributed by atoms with Gasteiger partial charge in [-0.25, -0.2) is 8.42 Å². The minimum Gasteiger partial charge on any atom is -0.325 e. The van der Waals surface area contributed by atoms with E-state index >= 15 is 0 Å². The Labute approximate surface area is 156 Å². The lowest BCUT2D eigenvalue weighted by atomic mass is 10.0. The van der Waals surface area contributed by atoms with Crippen molar-refractivity contribution in [2.75, 3.05) is 11.9 Å². The molecule has 0 spiro atoms. The molecule has 1 fully saturated rings. The number of nitrogens with one attached hydrogen (secondary N) is 1. The van der Waals surface area contributed by atoms with Gasteiger partial charge in [-0.3, -0.25) is 4.79 Å². The number of nitrogens with zero attached hydrogens (tertiary/aromatic N) is 1. The fraction of sp³-hybridized carbons (Fsp3) is 0.278. The molecule has 25 heavy (non-hydrogen) atoms. The van der Waals surface area contributed by atoms with Crippen LogP contribution in [0.2, 0.25) is 0 Å². The fourth-order valence-corrected chi connectivity index (χ4v) is 5.05. The van der Waals surface area contributed by atoms with Gasteiger partial charge >= 0.3 is 0 Å². The third kappa shape index (κ3) is 4.11. The van der Waals surface area contributed by atoms with Crippen LogP contribution in [0.1, 0.15) is 19.3 Å². The molecule has 3 rings (SSSR count). The molecule has 132 valence electrons. The van der Waals surface area contributed by atoms with Crippen molar-refractivity contribution in [1.82, 2.24) is 4.31 Å². The average molecular weight is 423 g/mol. The molecular formula is C18H19BrN2O3S. The minimum atomic E-state index is -3.69. The largest absolute Gasteiger partial charge is 0.325 e. The highest BCUT2D eigenvalue weighted by Gasteiger charge is 2.37. The molecule has 1 atom stereocenters. The minimum absolute atomic E-state index is 0.220. The summed E-state index contributed by atoms with van der Waals surface area (Å²) in [5, 5.41) is 2.83. The Balaban J connectivity index is 1.84. The van der Waals surface area contributed by atoms with Crippen molar-refractivity contribution in [2.24, 2.45) is 0 Å². The summed E-state index contributed by atoms with van der Waals surface area (Å²) in [6.07, 6.45) is 2.11. The lowest BCUT2D eigenvalue weighted by Crippen LogP contribution is -2.49. The molecular weight excluding hydrogens is 404 g/mol. The van der Waals surface area contributed by atoms with Crippen LogP contribution in [0.5, 0.6) is 0 Å². The summed E-state index contributed by atoms with van der Waals surface area (Å²) in [6, 6.07) is 14.8. The molecule has 1 aliphatic heterocycles. The zero-order chi connectivity index (χ0) is 17.9. The van der Waals surface area contributed by atoms with E-state index in [2.05, 4.69) is 21.2 Å². The SMILES string of the molecule is O=C(Nc1cccc(Br)c1)[C@@H]1CCCCN1S(=O)(=O)c1ccccc1. The van der Waals surface area contributed by atoms with Crippen molar-refractivity contribution in [1.29, 1.82) is 0 Å². The van der Waals surface area contributed by atoms with Gasteiger partial charge in [0.25, 0.3) is 0 Å². The third-order valence-electron chi connectivity index (χ3n) is 4.20. The summed E-state index contributed by atoms with van der Waals surface area (Å²) in [7, 11) is -3.69. The monoisotopic (exact) mass is 422 g/mol. The Kier molecular flexibility index (Phi) is 5.56. The first-order valence-electron chi connectivity index (χ1n) is 8.12. The molecule has 7 heteroatoms. The van der Waals surface area contributed by atoms with Crippen LogP contribution in [0, 0.1) is 0 Å². The standard InChI is InChI=1S/C18H19BrN2O3S/c19-14-7-6-8-15(13-14)20-18(22)17-11-4-5-12-21(17)25(23,24)16-9-2-1-3-10-16/h1-3,6-10,13,17H,4-5,11-12H2,(H,20,22)/t17-/m0/s1. The number of sulfonamides is 1. The maximum absolute atomic E-state index is 12.9. The van der Waals surface area contributed by atoms with Gasteiger partial charge in [-0.1, -0.05) is 46.6 Å². The lowest BCUT2D eigenvalue weighted by molar-refractivity contribution is -0.120. The van der Waals surface area contributed by atoms with Crippen LogP contribution < -0.4 is 5.32 Å². The van der Waals surface area contributed by atoms with Crippen molar-refractivity contribution in [3.63, 3.8) is 0 Å². The number of rotatable bonds is 4. The van der Waals surface area contributed by atoms with E-state index in [0.29, 0.717) is 18.7 Å². The molecule has 0 aromatic heterocycles. The van der Waals surface area contributed by atoms with E-state index < -0.39 is 16.1 Å². The van der Waals surface area contributed by atoms with Crippen molar-refractivity contribution >= 4 is 37.5 Å². The number of piperidine rings is 1. The fourth-order valence-electron chi connectivity index (χ4n) is 2.97. The van der Waals surface area contributed by atoms with Gasteiger partial charge in [0.2, 0.25) is 15.9 Å². The summed E-state index contributed by atoms with van der Waals surface area (Å²) in [4.78, 5) is 13.0. The van der Waals surface area contributed by atoms with Crippen LogP contribution in [0.4, 0.5) is 5.69 Å². The molecule has 0 aliphatic carbocycles. The Bertz CT molecular complexity index is 856. The smallest absolute Gasteiger partial charge is 0.243 e. The molecule has 2 aromatic rings. The molecule has 1 aliphatic rings. The predicted octanol–water partition coefficient (Wildman–Crippen LogP) is 3.63. The van der Waals surface area contributed by atoms with Crippen LogP contribution in [-0.4, -0.2) is 31.2 Å². The maximum Gasteiger partial charge on any atom is 0.243 e. The molecule has 1 saturated heterocycles. The quantitative estimate of drug-likeness (QED) is 0.817. The van der Waals surface area contributed by atoms with Crippen LogP contribution in [-0.2, 0) is 14.8 Å². The van der Waals surface area contributed by atoms with E-state index in [1.807, 2.05) is 12.1 Å². The first kappa shape index (κ1) is 18.1. The highest BCUT2D eigenvalue weighted by atomic mass is 79.9. The number of halogens is 1. The van der Waals surface area contributed by atoms with Gasteiger partial charge in [-0.15, -0.1) is 0 Å². The highest BCUT2D eigenvalue weighted by Crippen LogP contribution is 2.26. The van der Waals surface area contributed by atoms with Gasteiger partial charge in [-0.2, -0.15) is 4.31 Å². The second-order valence-corrected chi connectivity index (χ2v) is 8.75. The van der Waals surface area contributed by atoms with Crippen molar-refractivity contribution in [3.8, 4) is 0 Å². The van der Waals surface area contributed by atoms with Gasteiger partial charge in [0.15, 0.2) is 0 Å². The number of carbonyl (C=O) groups is 1. The molecule has 1 N–H and O–H groups in total. The van der Waals surface area contributed by atoms with Gasteiger partial charge in [0.05, 0.1) is 4.90 Å². The number of amides is 1. The first-order valence-corrected chi connectivity index (χ1v) is 10.3. The number of benzene rings is 2. The van der Waals surface area contributed by atoms with Gasteiger partial charge in [0, 0.05) is 16.7 Å². The van der Waals surface area contributed by atoms with Crippen LogP contribution in [0.3, 0.4) is 0 Å². The average Bonchev–Trinajstić information content (AvgIpc) is 2.62.